The van der Waals surface area contributed by atoms with Gasteiger partial charge in [0, 0.05) is 24.7 Å². The Morgan fingerprint density at radius 1 is 1.25 bits per heavy atom. The number of aldehydes is 1. The van der Waals surface area contributed by atoms with Crippen molar-refractivity contribution < 1.29 is 19.2 Å². The molecular formula is C12H17O4. The van der Waals surface area contributed by atoms with Gasteiger partial charge in [-0.1, -0.05) is 20.8 Å². The van der Waals surface area contributed by atoms with Gasteiger partial charge >= 0.3 is 0 Å². The molecule has 0 rings (SSSR count). The summed E-state index contributed by atoms with van der Waals surface area (Å²) in [7, 11) is 0. The second-order valence-corrected chi connectivity index (χ2v) is 4.05. The van der Waals surface area contributed by atoms with Gasteiger partial charge in [0.25, 0.3) is 0 Å². The molecule has 89 valence electrons. The standard InChI is InChI=1S/C12H17O4/c1-8(7-14)9(2)10(3)12(16)11(15)5-4-6-13/h6,8-10H,4-5H2,1-3H3. The molecule has 0 aromatic rings. The van der Waals surface area contributed by atoms with E-state index in [2.05, 4.69) is 0 Å². The molecule has 0 aromatic carbocycles. The van der Waals surface area contributed by atoms with E-state index in [9.17, 15) is 19.2 Å². The minimum absolute atomic E-state index is 0.0431. The molecule has 4 nitrogen and oxygen atoms in total. The van der Waals surface area contributed by atoms with Gasteiger partial charge in [-0.15, -0.1) is 0 Å². The van der Waals surface area contributed by atoms with E-state index in [1.54, 1.807) is 20.8 Å². The van der Waals surface area contributed by atoms with Crippen molar-refractivity contribution in [2.75, 3.05) is 0 Å². The number of carbonyl (C=O) groups excluding carboxylic acids is 4. The smallest absolute Gasteiger partial charge is 0.201 e. The van der Waals surface area contributed by atoms with E-state index in [0.29, 0.717) is 6.29 Å². The Kier molecular flexibility index (Phi) is 6.46. The van der Waals surface area contributed by atoms with Crippen LogP contribution in [0.1, 0.15) is 33.6 Å². The van der Waals surface area contributed by atoms with Crippen molar-refractivity contribution in [1.29, 1.82) is 0 Å². The Bertz CT molecular complexity index is 283. The zero-order valence-electron chi connectivity index (χ0n) is 9.86. The molecule has 0 saturated carbocycles. The summed E-state index contributed by atoms with van der Waals surface area (Å²) in [6.45, 7) is 5.03. The van der Waals surface area contributed by atoms with Crippen LogP contribution in [0.2, 0.25) is 0 Å². The third kappa shape index (κ3) is 4.04. The van der Waals surface area contributed by atoms with E-state index in [1.807, 2.05) is 6.29 Å². The number of hydrogen-bond donors (Lipinski definition) is 0. The monoisotopic (exact) mass is 225 g/mol. The largest absolute Gasteiger partial charge is 0.303 e. The molecule has 3 unspecified atom stereocenters. The van der Waals surface area contributed by atoms with Crippen LogP contribution in [0, 0.1) is 17.8 Å². The molecule has 16 heavy (non-hydrogen) atoms. The average molecular weight is 225 g/mol. The summed E-state index contributed by atoms with van der Waals surface area (Å²) < 4.78 is 0. The Balaban J connectivity index is 4.42. The summed E-state index contributed by atoms with van der Waals surface area (Å²) >= 11 is 0. The van der Waals surface area contributed by atoms with Crippen LogP contribution in [0.25, 0.3) is 0 Å². The summed E-state index contributed by atoms with van der Waals surface area (Å²) in [6.07, 6.45) is 2.45. The minimum atomic E-state index is -0.537. The van der Waals surface area contributed by atoms with Gasteiger partial charge in [-0.05, 0) is 5.92 Å². The Hall–Kier alpha value is -1.32. The number of hydrogen-bond acceptors (Lipinski definition) is 4. The number of Topliss-reactive ketones (excluding diaryl/α,β-unsaturated/α-hetero) is 2. The lowest BCUT2D eigenvalue weighted by Crippen LogP contribution is -2.30. The Morgan fingerprint density at radius 2 is 1.81 bits per heavy atom. The van der Waals surface area contributed by atoms with Crippen molar-refractivity contribution in [3.8, 4) is 0 Å². The van der Waals surface area contributed by atoms with Gasteiger partial charge in [0.15, 0.2) is 5.78 Å². The maximum atomic E-state index is 11.6. The van der Waals surface area contributed by atoms with Crippen LogP contribution in [0.5, 0.6) is 0 Å². The van der Waals surface area contributed by atoms with Crippen molar-refractivity contribution in [2.45, 2.75) is 33.6 Å². The predicted octanol–water partition coefficient (Wildman–Crippen LogP) is 1.12. The fourth-order valence-corrected chi connectivity index (χ4v) is 1.35. The molecule has 0 spiro atoms. The van der Waals surface area contributed by atoms with Crippen LogP contribution in [-0.4, -0.2) is 24.1 Å². The summed E-state index contributed by atoms with van der Waals surface area (Å²) in [5, 5.41) is 0. The normalized spacial score (nSPS) is 15.9. The van der Waals surface area contributed by atoms with Crippen molar-refractivity contribution in [1.82, 2.24) is 0 Å². The third-order valence-corrected chi connectivity index (χ3v) is 2.94. The predicted molar refractivity (Wildman–Crippen MR) is 58.5 cm³/mol. The first-order chi connectivity index (χ1) is 7.45. The van der Waals surface area contributed by atoms with Gasteiger partial charge < -0.3 is 4.79 Å². The van der Waals surface area contributed by atoms with Crippen LogP contribution in [0.4, 0.5) is 0 Å². The average Bonchev–Trinajstić information content (AvgIpc) is 2.31. The van der Waals surface area contributed by atoms with E-state index < -0.39 is 17.5 Å². The zero-order valence-corrected chi connectivity index (χ0v) is 9.86. The van der Waals surface area contributed by atoms with Gasteiger partial charge in [0.05, 0.1) is 0 Å². The third-order valence-electron chi connectivity index (χ3n) is 2.94. The van der Waals surface area contributed by atoms with Gasteiger partial charge in [-0.25, -0.2) is 0 Å². The molecule has 0 fully saturated rings. The summed E-state index contributed by atoms with van der Waals surface area (Å²) in [6, 6.07) is 0. The number of rotatable bonds is 8. The highest BCUT2D eigenvalue weighted by Gasteiger charge is 2.28. The van der Waals surface area contributed by atoms with E-state index in [0.717, 1.165) is 0 Å². The molecule has 0 saturated heterocycles. The van der Waals surface area contributed by atoms with Crippen LogP contribution in [0.3, 0.4) is 0 Å². The molecule has 1 radical (unpaired) electrons. The maximum absolute atomic E-state index is 11.6. The highest BCUT2D eigenvalue weighted by atomic mass is 16.2. The van der Waals surface area contributed by atoms with E-state index in [-0.39, 0.29) is 24.7 Å². The molecule has 0 aliphatic carbocycles. The molecule has 0 aromatic heterocycles. The van der Waals surface area contributed by atoms with Gasteiger partial charge in [-0.2, -0.15) is 0 Å². The summed E-state index contributed by atoms with van der Waals surface area (Å²) in [4.78, 5) is 43.5. The molecule has 0 bridgehead atoms. The minimum Gasteiger partial charge on any atom is -0.303 e. The first-order valence-corrected chi connectivity index (χ1v) is 5.34. The van der Waals surface area contributed by atoms with E-state index in [1.165, 1.54) is 0 Å². The quantitative estimate of drug-likeness (QED) is 0.458. The number of ketones is 2. The molecular weight excluding hydrogens is 208 g/mol. The van der Waals surface area contributed by atoms with Crippen molar-refractivity contribution in [2.24, 2.45) is 17.8 Å². The van der Waals surface area contributed by atoms with Crippen LogP contribution >= 0.6 is 0 Å². The SMILES string of the molecule is CC([C]=O)C(C)C(C)C(=O)C(=O)CCC=O. The first kappa shape index (κ1) is 14.7. The van der Waals surface area contributed by atoms with Crippen molar-refractivity contribution in [3.63, 3.8) is 0 Å². The Morgan fingerprint density at radius 3 is 2.25 bits per heavy atom. The van der Waals surface area contributed by atoms with Crippen molar-refractivity contribution in [3.05, 3.63) is 0 Å². The molecule has 4 heteroatoms. The van der Waals surface area contributed by atoms with Crippen LogP contribution in [-0.2, 0) is 19.2 Å². The topological polar surface area (TPSA) is 68.3 Å². The lowest BCUT2D eigenvalue weighted by atomic mass is 9.82. The number of carbonyl (C=O) groups is 3. The molecule has 3 atom stereocenters. The maximum Gasteiger partial charge on any atom is 0.201 e. The first-order valence-electron chi connectivity index (χ1n) is 5.34. The van der Waals surface area contributed by atoms with Gasteiger partial charge in [0.2, 0.25) is 12.1 Å². The lowest BCUT2D eigenvalue weighted by Gasteiger charge is -2.20. The molecule has 0 aliphatic rings. The van der Waals surface area contributed by atoms with Crippen LogP contribution < -0.4 is 0 Å². The second kappa shape index (κ2) is 7.04. The van der Waals surface area contributed by atoms with E-state index in [4.69, 9.17) is 0 Å². The highest BCUT2D eigenvalue weighted by molar-refractivity contribution is 6.38. The highest BCUT2D eigenvalue weighted by Crippen LogP contribution is 2.20. The van der Waals surface area contributed by atoms with Crippen LogP contribution in [0.15, 0.2) is 0 Å². The van der Waals surface area contributed by atoms with Crippen molar-refractivity contribution >= 4 is 24.1 Å². The summed E-state index contributed by atoms with van der Waals surface area (Å²) in [5.74, 6) is -2.14. The van der Waals surface area contributed by atoms with E-state index >= 15 is 0 Å². The molecule has 0 N–H and O–H groups in total. The molecule has 0 heterocycles. The Labute approximate surface area is 95.4 Å². The van der Waals surface area contributed by atoms with Gasteiger partial charge in [0.1, 0.15) is 6.29 Å². The molecule has 0 aliphatic heterocycles. The molecule has 0 amide bonds. The fourth-order valence-electron chi connectivity index (χ4n) is 1.35. The lowest BCUT2D eigenvalue weighted by molar-refractivity contribution is -0.140. The fraction of sp³-hybridized carbons (Fsp3) is 0.667. The summed E-state index contributed by atoms with van der Waals surface area (Å²) in [5.41, 5.74) is 0. The zero-order chi connectivity index (χ0) is 12.7. The second-order valence-electron chi connectivity index (χ2n) is 4.05. The van der Waals surface area contributed by atoms with Gasteiger partial charge in [-0.3, -0.25) is 14.4 Å².